The van der Waals surface area contributed by atoms with Crippen molar-refractivity contribution in [2.24, 2.45) is 17.8 Å². The van der Waals surface area contributed by atoms with Crippen LogP contribution in [-0.4, -0.2) is 18.4 Å². The van der Waals surface area contributed by atoms with Gasteiger partial charge in [-0.2, -0.15) is 0 Å². The number of cyclic esters (lactones) is 1. The zero-order valence-electron chi connectivity index (χ0n) is 7.66. The molecule has 0 saturated carbocycles. The average molecular weight is 170 g/mol. The minimum absolute atomic E-state index is 0.0730. The van der Waals surface area contributed by atoms with E-state index in [0.29, 0.717) is 12.5 Å². The molecule has 0 unspecified atom stereocenters. The van der Waals surface area contributed by atoms with Gasteiger partial charge in [0.1, 0.15) is 11.7 Å². The van der Waals surface area contributed by atoms with Crippen molar-refractivity contribution in [2.45, 2.75) is 20.8 Å². The molecule has 1 fully saturated rings. The molecular formula is C9H14O3. The molecule has 1 heterocycles. The highest BCUT2D eigenvalue weighted by Crippen LogP contribution is 2.29. The highest BCUT2D eigenvalue weighted by atomic mass is 16.5. The van der Waals surface area contributed by atoms with Crippen molar-refractivity contribution in [3.05, 3.63) is 0 Å². The highest BCUT2D eigenvalue weighted by molar-refractivity contribution is 5.99. The normalized spacial score (nSPS) is 29.2. The predicted octanol–water partition coefficient (Wildman–Crippen LogP) is 1.02. The maximum absolute atomic E-state index is 11.1. The van der Waals surface area contributed by atoms with E-state index in [2.05, 4.69) is 0 Å². The first kappa shape index (κ1) is 9.23. The van der Waals surface area contributed by atoms with E-state index in [4.69, 9.17) is 4.74 Å². The van der Waals surface area contributed by atoms with Crippen LogP contribution in [0.3, 0.4) is 0 Å². The van der Waals surface area contributed by atoms with Crippen molar-refractivity contribution in [1.29, 1.82) is 0 Å². The minimum atomic E-state index is -0.509. The van der Waals surface area contributed by atoms with Gasteiger partial charge in [-0.15, -0.1) is 0 Å². The Hall–Kier alpha value is -0.860. The molecule has 12 heavy (non-hydrogen) atoms. The molecule has 2 atom stereocenters. The van der Waals surface area contributed by atoms with Crippen LogP contribution in [0.5, 0.6) is 0 Å². The molecule has 0 spiro atoms. The second-order valence-corrected chi connectivity index (χ2v) is 3.63. The molecule has 1 aliphatic heterocycles. The second kappa shape index (κ2) is 3.25. The number of rotatable bonds is 2. The topological polar surface area (TPSA) is 43.4 Å². The van der Waals surface area contributed by atoms with Gasteiger partial charge in [-0.1, -0.05) is 13.8 Å². The van der Waals surface area contributed by atoms with Crippen LogP contribution in [0, 0.1) is 17.8 Å². The third-order valence-corrected chi connectivity index (χ3v) is 2.39. The van der Waals surface area contributed by atoms with Crippen LogP contribution in [0.4, 0.5) is 0 Å². The number of ether oxygens (including phenoxy) is 1. The maximum Gasteiger partial charge on any atom is 0.316 e. The molecule has 0 aromatic rings. The number of hydrogen-bond acceptors (Lipinski definition) is 3. The fourth-order valence-corrected chi connectivity index (χ4v) is 1.58. The van der Waals surface area contributed by atoms with E-state index in [9.17, 15) is 9.59 Å². The molecule has 0 N–H and O–H groups in total. The summed E-state index contributed by atoms with van der Waals surface area (Å²) in [6, 6.07) is 0. The largest absolute Gasteiger partial charge is 0.465 e. The zero-order valence-corrected chi connectivity index (χ0v) is 7.66. The summed E-state index contributed by atoms with van der Waals surface area (Å²) in [5.41, 5.74) is 0. The first-order valence-corrected chi connectivity index (χ1v) is 4.21. The lowest BCUT2D eigenvalue weighted by molar-refractivity contribution is -0.144. The lowest BCUT2D eigenvalue weighted by Gasteiger charge is -2.15. The fourth-order valence-electron chi connectivity index (χ4n) is 1.58. The van der Waals surface area contributed by atoms with Gasteiger partial charge in [0.25, 0.3) is 0 Å². The summed E-state index contributed by atoms with van der Waals surface area (Å²) < 4.78 is 4.84. The molecule has 0 amide bonds. The van der Waals surface area contributed by atoms with Crippen molar-refractivity contribution in [3.63, 3.8) is 0 Å². The lowest BCUT2D eigenvalue weighted by Crippen LogP contribution is -2.26. The van der Waals surface area contributed by atoms with Crippen LogP contribution in [0.1, 0.15) is 20.8 Å². The van der Waals surface area contributed by atoms with Gasteiger partial charge in [-0.25, -0.2) is 0 Å². The Labute approximate surface area is 72.1 Å². The van der Waals surface area contributed by atoms with Gasteiger partial charge in [0.2, 0.25) is 0 Å². The molecule has 0 radical (unpaired) electrons. The van der Waals surface area contributed by atoms with Crippen molar-refractivity contribution in [1.82, 2.24) is 0 Å². The molecule has 0 bridgehead atoms. The summed E-state index contributed by atoms with van der Waals surface area (Å²) in [6.07, 6.45) is 0. The molecule has 1 rings (SSSR count). The van der Waals surface area contributed by atoms with Gasteiger partial charge in [-0.05, 0) is 12.8 Å². The van der Waals surface area contributed by atoms with Crippen molar-refractivity contribution < 1.29 is 14.3 Å². The third kappa shape index (κ3) is 1.49. The van der Waals surface area contributed by atoms with E-state index >= 15 is 0 Å². The van der Waals surface area contributed by atoms with E-state index in [1.165, 1.54) is 6.92 Å². The van der Waals surface area contributed by atoms with Crippen LogP contribution >= 0.6 is 0 Å². The lowest BCUT2D eigenvalue weighted by atomic mass is 9.84. The molecule has 1 saturated heterocycles. The van der Waals surface area contributed by atoms with Crippen molar-refractivity contribution in [2.75, 3.05) is 6.61 Å². The number of carbonyl (C=O) groups excluding carboxylic acids is 2. The standard InChI is InChI=1S/C9H14O3/c1-5(2)7-4-12-9(11)8(7)6(3)10/h5,7-8H,4H2,1-3H3/t7-,8+/m0/s1. The number of hydrogen-bond donors (Lipinski definition) is 0. The van der Waals surface area contributed by atoms with E-state index in [0.717, 1.165) is 0 Å². The Morgan fingerprint density at radius 3 is 2.50 bits per heavy atom. The van der Waals surface area contributed by atoms with Crippen LogP contribution in [0.25, 0.3) is 0 Å². The van der Waals surface area contributed by atoms with Gasteiger partial charge < -0.3 is 4.74 Å². The molecule has 3 heteroatoms. The fraction of sp³-hybridized carbons (Fsp3) is 0.778. The zero-order chi connectivity index (χ0) is 9.30. The first-order chi connectivity index (χ1) is 5.54. The third-order valence-electron chi connectivity index (χ3n) is 2.39. The van der Waals surface area contributed by atoms with Gasteiger partial charge in [0.15, 0.2) is 0 Å². The molecule has 0 aromatic carbocycles. The molecule has 1 aliphatic rings. The average Bonchev–Trinajstić information content (AvgIpc) is 2.30. The van der Waals surface area contributed by atoms with E-state index in [1.807, 2.05) is 13.8 Å². The molecule has 0 aromatic heterocycles. The summed E-state index contributed by atoms with van der Waals surface area (Å²) in [5, 5.41) is 0. The Morgan fingerprint density at radius 2 is 2.17 bits per heavy atom. The smallest absolute Gasteiger partial charge is 0.316 e. The molecular weight excluding hydrogens is 156 g/mol. The Kier molecular flexibility index (Phi) is 2.50. The van der Waals surface area contributed by atoms with Crippen LogP contribution in [0.15, 0.2) is 0 Å². The molecule has 3 nitrogen and oxygen atoms in total. The summed E-state index contributed by atoms with van der Waals surface area (Å²) >= 11 is 0. The minimum Gasteiger partial charge on any atom is -0.465 e. The molecule has 0 aliphatic carbocycles. The predicted molar refractivity (Wildman–Crippen MR) is 43.5 cm³/mol. The van der Waals surface area contributed by atoms with E-state index in [1.54, 1.807) is 0 Å². The monoisotopic (exact) mass is 170 g/mol. The number of esters is 1. The van der Waals surface area contributed by atoms with Gasteiger partial charge >= 0.3 is 5.97 Å². The number of Topliss-reactive ketones (excluding diaryl/α,β-unsaturated/α-hetero) is 1. The van der Waals surface area contributed by atoms with Gasteiger partial charge in [0.05, 0.1) is 6.61 Å². The summed E-state index contributed by atoms with van der Waals surface area (Å²) in [5.74, 6) is -0.525. The summed E-state index contributed by atoms with van der Waals surface area (Å²) in [4.78, 5) is 22.2. The second-order valence-electron chi connectivity index (χ2n) is 3.63. The van der Waals surface area contributed by atoms with Crippen molar-refractivity contribution in [3.8, 4) is 0 Å². The van der Waals surface area contributed by atoms with Gasteiger partial charge in [0, 0.05) is 5.92 Å². The van der Waals surface area contributed by atoms with Crippen molar-refractivity contribution >= 4 is 11.8 Å². The SMILES string of the molecule is CC(=O)[C@H]1C(=O)OC[C@H]1C(C)C. The highest BCUT2D eigenvalue weighted by Gasteiger charge is 2.41. The van der Waals surface area contributed by atoms with Crippen LogP contribution < -0.4 is 0 Å². The van der Waals surface area contributed by atoms with Gasteiger partial charge in [-0.3, -0.25) is 9.59 Å². The van der Waals surface area contributed by atoms with Crippen LogP contribution in [0.2, 0.25) is 0 Å². The Morgan fingerprint density at radius 1 is 1.58 bits per heavy atom. The van der Waals surface area contributed by atoms with E-state index < -0.39 is 5.92 Å². The number of carbonyl (C=O) groups is 2. The summed E-state index contributed by atoms with van der Waals surface area (Å²) in [6.45, 7) is 5.86. The molecule has 68 valence electrons. The maximum atomic E-state index is 11.1. The Balaban J connectivity index is 2.77. The number of ketones is 1. The Bertz CT molecular complexity index is 208. The van der Waals surface area contributed by atoms with E-state index in [-0.39, 0.29) is 17.7 Å². The first-order valence-electron chi connectivity index (χ1n) is 4.21. The summed E-state index contributed by atoms with van der Waals surface area (Å²) in [7, 11) is 0. The quantitative estimate of drug-likeness (QED) is 0.459. The van der Waals surface area contributed by atoms with Crippen LogP contribution in [-0.2, 0) is 14.3 Å².